The normalized spacial score (nSPS) is 21.3. The minimum absolute atomic E-state index is 0.195. The van der Waals surface area contributed by atoms with E-state index >= 15 is 0 Å². The van der Waals surface area contributed by atoms with Gasteiger partial charge >= 0.3 is 0 Å². The van der Waals surface area contributed by atoms with Crippen LogP contribution in [-0.4, -0.2) is 122 Å². The molecule has 2 saturated heterocycles. The van der Waals surface area contributed by atoms with Crippen molar-refractivity contribution in [3.8, 4) is 0 Å². The first kappa shape index (κ1) is 32.6. The van der Waals surface area contributed by atoms with E-state index in [0.717, 1.165) is 70.8 Å². The summed E-state index contributed by atoms with van der Waals surface area (Å²) < 4.78 is 0. The van der Waals surface area contributed by atoms with Crippen LogP contribution in [-0.2, 0) is 17.6 Å². The predicted octanol–water partition coefficient (Wildman–Crippen LogP) is 5.10. The minimum Gasteiger partial charge on any atom is -0.337 e. The molecule has 2 fully saturated rings. The molecule has 3 atom stereocenters. The fourth-order valence-corrected chi connectivity index (χ4v) is 7.21. The Morgan fingerprint density at radius 2 is 1.68 bits per heavy atom. The van der Waals surface area contributed by atoms with Gasteiger partial charge in [-0.05, 0) is 95.2 Å². The van der Waals surface area contributed by atoms with Gasteiger partial charge in [0.15, 0.2) is 0 Å². The van der Waals surface area contributed by atoms with Gasteiger partial charge in [0, 0.05) is 63.9 Å². The van der Waals surface area contributed by atoms with E-state index in [0.29, 0.717) is 18.5 Å². The molecule has 5 rings (SSSR count). The fraction of sp³-hybridized carbons (Fsp3) is 0.553. The van der Waals surface area contributed by atoms with E-state index in [9.17, 15) is 4.79 Å². The van der Waals surface area contributed by atoms with Crippen molar-refractivity contribution in [1.82, 2.24) is 24.5 Å². The lowest BCUT2D eigenvalue weighted by Crippen LogP contribution is -2.61. The average Bonchev–Trinajstić information content (AvgIpc) is 2.99. The molecule has 1 unspecified atom stereocenters. The molecule has 6 nitrogen and oxygen atoms in total. The van der Waals surface area contributed by atoms with Crippen molar-refractivity contribution in [1.29, 1.82) is 0 Å². The largest absolute Gasteiger partial charge is 0.337 e. The van der Waals surface area contributed by atoms with Gasteiger partial charge in [0.1, 0.15) is 0 Å². The minimum atomic E-state index is 0.195. The van der Waals surface area contributed by atoms with Gasteiger partial charge in [0.05, 0.1) is 6.42 Å². The molecular formula is C38H55N5O. The molecule has 3 aromatic rings. The van der Waals surface area contributed by atoms with Crippen LogP contribution in [0.15, 0.2) is 60.7 Å². The van der Waals surface area contributed by atoms with Crippen LogP contribution in [0.5, 0.6) is 0 Å². The monoisotopic (exact) mass is 597 g/mol. The Morgan fingerprint density at radius 3 is 2.41 bits per heavy atom. The second-order valence-corrected chi connectivity index (χ2v) is 13.9. The lowest BCUT2D eigenvalue weighted by Gasteiger charge is -2.47. The summed E-state index contributed by atoms with van der Waals surface area (Å²) >= 11 is 0. The number of rotatable bonds is 11. The van der Waals surface area contributed by atoms with Gasteiger partial charge in [-0.2, -0.15) is 0 Å². The van der Waals surface area contributed by atoms with Crippen molar-refractivity contribution < 1.29 is 4.79 Å². The maximum absolute atomic E-state index is 13.8. The summed E-state index contributed by atoms with van der Waals surface area (Å²) in [6.07, 6.45) is 3.82. The van der Waals surface area contributed by atoms with Gasteiger partial charge in [-0.15, -0.1) is 0 Å². The number of carbonyl (C=O) groups is 1. The van der Waals surface area contributed by atoms with Crippen LogP contribution in [0.2, 0.25) is 0 Å². The SMILES string of the molecule is Cc1ccc(CC(CN2C[C@@H](C)N(C(=O)Cc3ccc4ccccc4c3)C[C@@H]2CCCN2CCN(C)CC2)N(C)C)c(C)c1. The number of likely N-dealkylation sites (N-methyl/N-ethyl adjacent to an activating group) is 2. The zero-order valence-corrected chi connectivity index (χ0v) is 28.1. The molecule has 0 aromatic heterocycles. The van der Waals surface area contributed by atoms with E-state index in [1.165, 1.54) is 33.9 Å². The maximum atomic E-state index is 13.8. The Hall–Kier alpha value is -2.77. The van der Waals surface area contributed by atoms with Gasteiger partial charge in [0.2, 0.25) is 5.91 Å². The smallest absolute Gasteiger partial charge is 0.227 e. The quantitative estimate of drug-likeness (QED) is 0.307. The van der Waals surface area contributed by atoms with Crippen LogP contribution in [0.1, 0.15) is 42.0 Å². The van der Waals surface area contributed by atoms with Crippen LogP contribution < -0.4 is 0 Å². The molecule has 0 radical (unpaired) electrons. The maximum Gasteiger partial charge on any atom is 0.227 e. The van der Waals surface area contributed by atoms with Crippen molar-refractivity contribution in [3.05, 3.63) is 82.9 Å². The van der Waals surface area contributed by atoms with Crippen LogP contribution in [0.4, 0.5) is 0 Å². The third-order valence-electron chi connectivity index (χ3n) is 10.2. The zero-order valence-electron chi connectivity index (χ0n) is 28.1. The Morgan fingerprint density at radius 1 is 0.932 bits per heavy atom. The first-order valence-electron chi connectivity index (χ1n) is 16.8. The highest BCUT2D eigenvalue weighted by Crippen LogP contribution is 2.24. The molecule has 0 N–H and O–H groups in total. The summed E-state index contributed by atoms with van der Waals surface area (Å²) in [5.41, 5.74) is 5.26. The van der Waals surface area contributed by atoms with E-state index in [2.05, 4.69) is 127 Å². The van der Waals surface area contributed by atoms with Crippen molar-refractivity contribution in [3.63, 3.8) is 0 Å². The molecule has 0 spiro atoms. The Kier molecular flexibility index (Phi) is 11.1. The first-order valence-corrected chi connectivity index (χ1v) is 16.8. The van der Waals surface area contributed by atoms with E-state index in [1.807, 2.05) is 0 Å². The molecule has 44 heavy (non-hydrogen) atoms. The van der Waals surface area contributed by atoms with E-state index in [4.69, 9.17) is 0 Å². The highest BCUT2D eigenvalue weighted by molar-refractivity contribution is 5.85. The number of nitrogens with zero attached hydrogens (tertiary/aromatic N) is 5. The summed E-state index contributed by atoms with van der Waals surface area (Å²) in [6, 6.07) is 22.8. The predicted molar refractivity (Wildman–Crippen MR) is 184 cm³/mol. The molecule has 0 bridgehead atoms. The highest BCUT2D eigenvalue weighted by atomic mass is 16.2. The molecule has 3 aromatic carbocycles. The lowest BCUT2D eigenvalue weighted by atomic mass is 9.96. The third-order valence-corrected chi connectivity index (χ3v) is 10.2. The first-order chi connectivity index (χ1) is 21.2. The summed E-state index contributed by atoms with van der Waals surface area (Å²) in [5.74, 6) is 0.260. The molecule has 2 heterocycles. The van der Waals surface area contributed by atoms with E-state index < -0.39 is 0 Å². The Bertz CT molecular complexity index is 1380. The molecule has 238 valence electrons. The number of hydrogen-bond acceptors (Lipinski definition) is 5. The second-order valence-electron chi connectivity index (χ2n) is 13.9. The molecule has 0 saturated carbocycles. The van der Waals surface area contributed by atoms with Crippen molar-refractivity contribution in [2.75, 3.05) is 73.5 Å². The number of fused-ring (bicyclic) bond motifs is 1. The molecule has 0 aliphatic carbocycles. The highest BCUT2D eigenvalue weighted by Gasteiger charge is 2.35. The molecule has 2 aliphatic rings. The van der Waals surface area contributed by atoms with Gasteiger partial charge < -0.3 is 19.6 Å². The third kappa shape index (κ3) is 8.48. The summed E-state index contributed by atoms with van der Waals surface area (Å²) in [4.78, 5) is 26.2. The molecule has 2 aliphatic heterocycles. The van der Waals surface area contributed by atoms with Crippen molar-refractivity contribution in [2.45, 2.75) is 64.6 Å². The van der Waals surface area contributed by atoms with Crippen LogP contribution in [0, 0.1) is 13.8 Å². The molecular weight excluding hydrogens is 542 g/mol. The second kappa shape index (κ2) is 15.0. The van der Waals surface area contributed by atoms with E-state index in [1.54, 1.807) is 0 Å². The van der Waals surface area contributed by atoms with Crippen LogP contribution in [0.3, 0.4) is 0 Å². The van der Waals surface area contributed by atoms with Gasteiger partial charge in [-0.1, -0.05) is 66.2 Å². The molecule has 6 heteroatoms. The van der Waals surface area contributed by atoms with Crippen molar-refractivity contribution >= 4 is 16.7 Å². The zero-order chi connectivity index (χ0) is 31.2. The summed E-state index contributed by atoms with van der Waals surface area (Å²) in [5, 5.41) is 2.43. The van der Waals surface area contributed by atoms with E-state index in [-0.39, 0.29) is 11.9 Å². The number of benzene rings is 3. The number of hydrogen-bond donors (Lipinski definition) is 0. The van der Waals surface area contributed by atoms with Crippen LogP contribution in [0.25, 0.3) is 10.8 Å². The van der Waals surface area contributed by atoms with Crippen LogP contribution >= 0.6 is 0 Å². The lowest BCUT2D eigenvalue weighted by molar-refractivity contribution is -0.137. The fourth-order valence-electron chi connectivity index (χ4n) is 7.21. The number of piperazine rings is 2. The standard InChI is InChI=1S/C38H55N5O/c1-29-13-15-34(30(2)22-29)25-37(39(4)5)27-42-26-31(3)43(28-36(42)12-9-17-41-20-18-40(6)19-21-41)38(44)24-32-14-16-33-10-7-8-11-35(33)23-32/h7-8,10-11,13-16,22-23,31,36-37H,9,12,17-21,24-28H2,1-6H3/t31-,36+,37?/m1/s1. The van der Waals surface area contributed by atoms with Gasteiger partial charge in [-0.25, -0.2) is 0 Å². The summed E-state index contributed by atoms with van der Waals surface area (Å²) in [6.45, 7) is 15.2. The van der Waals surface area contributed by atoms with Gasteiger partial charge in [-0.3, -0.25) is 9.69 Å². The Labute approximate surface area is 266 Å². The van der Waals surface area contributed by atoms with Crippen molar-refractivity contribution in [2.24, 2.45) is 0 Å². The topological polar surface area (TPSA) is 33.3 Å². The van der Waals surface area contributed by atoms with Gasteiger partial charge in [0.25, 0.3) is 0 Å². The number of aryl methyl sites for hydroxylation is 2. The average molecular weight is 598 g/mol. The number of carbonyl (C=O) groups excluding carboxylic acids is 1. The Balaban J connectivity index is 1.28. The molecule has 1 amide bonds. The summed E-state index contributed by atoms with van der Waals surface area (Å²) in [7, 11) is 6.67. The number of amides is 1.